The van der Waals surface area contributed by atoms with Gasteiger partial charge in [-0.15, -0.1) is 0 Å². The van der Waals surface area contributed by atoms with Gasteiger partial charge in [0.2, 0.25) is 10.0 Å². The molecule has 4 bridgehead atoms. The molecule has 0 aromatic heterocycles. The molecule has 1 aromatic carbocycles. The molecule has 0 aliphatic heterocycles. The lowest BCUT2D eigenvalue weighted by molar-refractivity contribution is -0.122. The normalized spacial score (nSPS) is 38.3. The Morgan fingerprint density at radius 3 is 2.19 bits per heavy atom. The fraction of sp³-hybridized carbons (Fsp3) is 0.739. The summed E-state index contributed by atoms with van der Waals surface area (Å²) in [5.41, 5.74) is 1.38. The van der Waals surface area contributed by atoms with E-state index < -0.39 is 10.0 Å². The van der Waals surface area contributed by atoms with E-state index in [-0.39, 0.29) is 11.3 Å². The molecule has 1 aromatic rings. The lowest BCUT2D eigenvalue weighted by Gasteiger charge is -2.65. The highest BCUT2D eigenvalue weighted by Gasteiger charge is 2.61. The van der Waals surface area contributed by atoms with Crippen molar-refractivity contribution in [2.45, 2.75) is 77.5 Å². The molecule has 3 nitrogen and oxygen atoms in total. The Morgan fingerprint density at radius 1 is 1.04 bits per heavy atom. The van der Waals surface area contributed by atoms with Crippen molar-refractivity contribution >= 4 is 10.0 Å². The van der Waals surface area contributed by atoms with Crippen molar-refractivity contribution in [3.05, 3.63) is 35.9 Å². The summed E-state index contributed by atoms with van der Waals surface area (Å²) in [6, 6.07) is 9.54. The van der Waals surface area contributed by atoms with Crippen LogP contribution in [0.4, 0.5) is 0 Å². The van der Waals surface area contributed by atoms with Crippen LogP contribution < -0.4 is 4.72 Å². The fourth-order valence-electron chi connectivity index (χ4n) is 7.06. The van der Waals surface area contributed by atoms with Gasteiger partial charge >= 0.3 is 0 Å². The number of hydrogen-bond donors (Lipinski definition) is 1. The molecule has 150 valence electrons. The third kappa shape index (κ3) is 3.85. The van der Waals surface area contributed by atoms with Crippen LogP contribution in [0, 0.1) is 28.6 Å². The summed E-state index contributed by atoms with van der Waals surface area (Å²) in [6.45, 7) is 9.27. The SMILES string of the molecule is CC(C)(C)CC12CC3CC(C1)C(C)(NS(=O)(=O)Cc1ccccc1)C(C3)C2. The standard InChI is InChI=1S/C23H35NO2S/c1-21(2,3)16-23-12-18-10-19(13-23)22(4,20(11-18)14-23)24-27(25,26)15-17-8-6-5-7-9-17/h5-9,18-20,24H,10-16H2,1-4H3. The van der Waals surface area contributed by atoms with Crippen molar-refractivity contribution in [2.75, 3.05) is 0 Å². The predicted molar refractivity (Wildman–Crippen MR) is 111 cm³/mol. The molecule has 4 fully saturated rings. The van der Waals surface area contributed by atoms with E-state index in [0.29, 0.717) is 22.7 Å². The first-order valence-corrected chi connectivity index (χ1v) is 12.2. The van der Waals surface area contributed by atoms with Crippen LogP contribution >= 0.6 is 0 Å². The van der Waals surface area contributed by atoms with Gasteiger partial charge in [0.25, 0.3) is 0 Å². The topological polar surface area (TPSA) is 46.2 Å². The molecule has 2 atom stereocenters. The summed E-state index contributed by atoms with van der Waals surface area (Å²) in [5.74, 6) is 1.85. The van der Waals surface area contributed by atoms with Crippen LogP contribution in [0.25, 0.3) is 0 Å². The maximum absolute atomic E-state index is 13.0. The molecular formula is C23H35NO2S. The molecule has 0 spiro atoms. The molecule has 2 unspecified atom stereocenters. The summed E-state index contributed by atoms with van der Waals surface area (Å²) in [7, 11) is -3.34. The van der Waals surface area contributed by atoms with E-state index in [1.54, 1.807) is 0 Å². The molecule has 27 heavy (non-hydrogen) atoms. The van der Waals surface area contributed by atoms with Gasteiger partial charge in [-0.2, -0.15) is 0 Å². The van der Waals surface area contributed by atoms with Gasteiger partial charge in [0, 0.05) is 5.54 Å². The van der Waals surface area contributed by atoms with E-state index in [1.165, 1.54) is 38.5 Å². The van der Waals surface area contributed by atoms with Gasteiger partial charge in [0.1, 0.15) is 0 Å². The monoisotopic (exact) mass is 389 g/mol. The van der Waals surface area contributed by atoms with Crippen LogP contribution in [0.3, 0.4) is 0 Å². The minimum Gasteiger partial charge on any atom is -0.212 e. The summed E-state index contributed by atoms with van der Waals surface area (Å²) in [6.07, 6.45) is 7.43. The lowest BCUT2D eigenvalue weighted by Crippen LogP contribution is -2.67. The summed E-state index contributed by atoms with van der Waals surface area (Å²) < 4.78 is 29.2. The van der Waals surface area contributed by atoms with E-state index in [4.69, 9.17) is 0 Å². The Bertz CT molecular complexity index is 777. The molecule has 0 saturated heterocycles. The van der Waals surface area contributed by atoms with Gasteiger partial charge < -0.3 is 0 Å². The average Bonchev–Trinajstić information content (AvgIpc) is 2.50. The predicted octanol–water partition coefficient (Wildman–Crippen LogP) is 5.13. The molecule has 0 radical (unpaired) electrons. The second kappa shape index (κ2) is 6.32. The smallest absolute Gasteiger partial charge is 0.212 e. The van der Waals surface area contributed by atoms with Crippen LogP contribution in [-0.4, -0.2) is 14.0 Å². The fourth-order valence-corrected chi connectivity index (χ4v) is 8.77. The molecule has 0 heterocycles. The molecule has 0 amide bonds. The van der Waals surface area contributed by atoms with E-state index in [1.807, 2.05) is 30.3 Å². The quantitative estimate of drug-likeness (QED) is 0.759. The van der Waals surface area contributed by atoms with Crippen LogP contribution in [0.5, 0.6) is 0 Å². The zero-order chi connectivity index (χ0) is 19.5. The molecule has 4 aliphatic carbocycles. The first-order chi connectivity index (χ1) is 12.5. The summed E-state index contributed by atoms with van der Waals surface area (Å²) in [4.78, 5) is 0. The van der Waals surface area contributed by atoms with Gasteiger partial charge in [-0.3, -0.25) is 0 Å². The Labute approximate surface area is 165 Å². The van der Waals surface area contributed by atoms with E-state index in [0.717, 1.165) is 11.5 Å². The minimum absolute atomic E-state index is 0.0828. The highest BCUT2D eigenvalue weighted by atomic mass is 32.2. The molecular weight excluding hydrogens is 354 g/mol. The van der Waals surface area contributed by atoms with Crippen molar-refractivity contribution in [1.82, 2.24) is 4.72 Å². The van der Waals surface area contributed by atoms with Gasteiger partial charge in [-0.1, -0.05) is 51.1 Å². The lowest BCUT2D eigenvalue weighted by atomic mass is 9.42. The second-order valence-electron chi connectivity index (χ2n) is 11.2. The average molecular weight is 390 g/mol. The highest BCUT2D eigenvalue weighted by Crippen LogP contribution is 2.66. The second-order valence-corrected chi connectivity index (χ2v) is 12.9. The zero-order valence-electron chi connectivity index (χ0n) is 17.3. The minimum atomic E-state index is -3.34. The summed E-state index contributed by atoms with van der Waals surface area (Å²) in [5, 5.41) is 0. The van der Waals surface area contributed by atoms with E-state index >= 15 is 0 Å². The third-order valence-corrected chi connectivity index (χ3v) is 8.96. The van der Waals surface area contributed by atoms with Crippen LogP contribution in [-0.2, 0) is 15.8 Å². The highest BCUT2D eigenvalue weighted by molar-refractivity contribution is 7.88. The van der Waals surface area contributed by atoms with Crippen LogP contribution in [0.15, 0.2) is 30.3 Å². The van der Waals surface area contributed by atoms with Gasteiger partial charge in [-0.25, -0.2) is 13.1 Å². The molecule has 4 saturated carbocycles. The summed E-state index contributed by atoms with van der Waals surface area (Å²) >= 11 is 0. The van der Waals surface area contributed by atoms with Crippen molar-refractivity contribution < 1.29 is 8.42 Å². The van der Waals surface area contributed by atoms with Gasteiger partial charge in [-0.05, 0) is 79.6 Å². The Balaban J connectivity index is 1.55. The van der Waals surface area contributed by atoms with E-state index in [9.17, 15) is 8.42 Å². The van der Waals surface area contributed by atoms with Crippen molar-refractivity contribution in [1.29, 1.82) is 0 Å². The molecule has 1 N–H and O–H groups in total. The number of sulfonamides is 1. The molecule has 4 aliphatic rings. The zero-order valence-corrected chi connectivity index (χ0v) is 18.1. The first-order valence-electron chi connectivity index (χ1n) is 10.5. The van der Waals surface area contributed by atoms with Crippen molar-refractivity contribution in [2.24, 2.45) is 28.6 Å². The van der Waals surface area contributed by atoms with E-state index in [2.05, 4.69) is 32.4 Å². The number of nitrogens with one attached hydrogen (secondary N) is 1. The number of rotatable bonds is 5. The maximum Gasteiger partial charge on any atom is 0.216 e. The molecule has 4 heteroatoms. The van der Waals surface area contributed by atoms with Gasteiger partial charge in [0.05, 0.1) is 5.75 Å². The largest absolute Gasteiger partial charge is 0.216 e. The number of benzene rings is 1. The maximum atomic E-state index is 13.0. The Hall–Kier alpha value is -0.870. The Kier molecular flexibility index (Phi) is 4.55. The number of hydrogen-bond acceptors (Lipinski definition) is 2. The molecule has 5 rings (SSSR count). The van der Waals surface area contributed by atoms with Crippen LogP contribution in [0.2, 0.25) is 0 Å². The Morgan fingerprint density at radius 2 is 1.63 bits per heavy atom. The van der Waals surface area contributed by atoms with Crippen molar-refractivity contribution in [3.8, 4) is 0 Å². The van der Waals surface area contributed by atoms with Gasteiger partial charge in [0.15, 0.2) is 0 Å². The van der Waals surface area contributed by atoms with Crippen LogP contribution in [0.1, 0.15) is 71.8 Å². The first kappa shape index (κ1) is 19.4. The third-order valence-electron chi connectivity index (χ3n) is 7.49. The van der Waals surface area contributed by atoms with Crippen molar-refractivity contribution in [3.63, 3.8) is 0 Å².